The van der Waals surface area contributed by atoms with Crippen LogP contribution in [0.2, 0.25) is 0 Å². The highest BCUT2D eigenvalue weighted by molar-refractivity contribution is 5.20. The van der Waals surface area contributed by atoms with E-state index in [1.165, 1.54) is 109 Å². The van der Waals surface area contributed by atoms with E-state index < -0.39 is 0 Å². The summed E-state index contributed by atoms with van der Waals surface area (Å²) in [5.41, 5.74) is 3.19. The Hall–Kier alpha value is -1.56. The summed E-state index contributed by atoms with van der Waals surface area (Å²) in [5.74, 6) is 5.25. The van der Waals surface area contributed by atoms with Crippen LogP contribution < -0.4 is 0 Å². The predicted molar refractivity (Wildman–Crippen MR) is 162 cm³/mol. The van der Waals surface area contributed by atoms with Crippen LogP contribution in [0.15, 0.2) is 60.7 Å². The van der Waals surface area contributed by atoms with Crippen LogP contribution in [-0.4, -0.2) is 0 Å². The van der Waals surface area contributed by atoms with Crippen molar-refractivity contribution in [2.45, 2.75) is 135 Å². The van der Waals surface area contributed by atoms with Crippen LogP contribution in [-0.2, 0) is 0 Å². The summed E-state index contributed by atoms with van der Waals surface area (Å²) < 4.78 is 0. The molecule has 2 aliphatic rings. The lowest BCUT2D eigenvalue weighted by atomic mass is 9.78. The van der Waals surface area contributed by atoms with Gasteiger partial charge in [0.15, 0.2) is 0 Å². The van der Waals surface area contributed by atoms with Crippen LogP contribution in [0.4, 0.5) is 0 Å². The lowest BCUT2D eigenvalue weighted by molar-refractivity contribution is 0.296. The van der Waals surface area contributed by atoms with Gasteiger partial charge in [-0.05, 0) is 85.2 Å². The van der Waals surface area contributed by atoms with E-state index in [2.05, 4.69) is 74.5 Å². The maximum absolute atomic E-state index is 2.55. The zero-order valence-electron chi connectivity index (χ0n) is 24.3. The van der Waals surface area contributed by atoms with Gasteiger partial charge >= 0.3 is 0 Å². The quantitative estimate of drug-likeness (QED) is 0.215. The summed E-state index contributed by atoms with van der Waals surface area (Å²) in [5, 5.41) is 0. The predicted octanol–water partition coefficient (Wildman–Crippen LogP) is 11.7. The van der Waals surface area contributed by atoms with Crippen molar-refractivity contribution in [1.29, 1.82) is 0 Å². The van der Waals surface area contributed by atoms with Crippen molar-refractivity contribution in [1.82, 2.24) is 0 Å². The van der Waals surface area contributed by atoms with Crippen LogP contribution in [0.5, 0.6) is 0 Å². The Morgan fingerprint density at radius 1 is 0.622 bits per heavy atom. The first-order valence-electron chi connectivity index (χ1n) is 16.3. The Morgan fingerprint density at radius 2 is 1.14 bits per heavy atom. The van der Waals surface area contributed by atoms with Gasteiger partial charge < -0.3 is 0 Å². The lowest BCUT2D eigenvalue weighted by Gasteiger charge is -2.28. The Kier molecular flexibility index (Phi) is 12.1. The first-order chi connectivity index (χ1) is 18.2. The average molecular weight is 501 g/mol. The highest BCUT2D eigenvalue weighted by Crippen LogP contribution is 2.40. The Bertz CT molecular complexity index is 827. The third-order valence-electron chi connectivity index (χ3n) is 10.0. The van der Waals surface area contributed by atoms with E-state index in [0.717, 1.165) is 35.5 Å². The molecule has 0 aromatic heterocycles. The second-order valence-electron chi connectivity index (χ2n) is 13.1. The Morgan fingerprint density at radius 3 is 1.68 bits per heavy atom. The molecule has 0 radical (unpaired) electrons. The number of hydrogen-bond acceptors (Lipinski definition) is 0. The third-order valence-corrected chi connectivity index (χ3v) is 10.0. The topological polar surface area (TPSA) is 0 Å². The van der Waals surface area contributed by atoms with Gasteiger partial charge in [0, 0.05) is 0 Å². The zero-order valence-corrected chi connectivity index (χ0v) is 24.3. The first-order valence-corrected chi connectivity index (χ1v) is 16.3. The molecule has 0 saturated heterocycles. The van der Waals surface area contributed by atoms with E-state index in [1.54, 1.807) is 11.1 Å². The molecule has 0 nitrogen and oxygen atoms in total. The van der Waals surface area contributed by atoms with Crippen molar-refractivity contribution >= 4 is 0 Å². The molecular weight excluding hydrogens is 444 g/mol. The number of benzene rings is 2. The minimum absolute atomic E-state index is 0.741. The van der Waals surface area contributed by atoms with Crippen molar-refractivity contribution in [2.24, 2.45) is 23.7 Å². The highest BCUT2D eigenvalue weighted by Gasteiger charge is 2.25. The molecule has 2 aromatic rings. The molecule has 204 valence electrons. The van der Waals surface area contributed by atoms with E-state index in [4.69, 9.17) is 0 Å². The standard InChI is InChI=1S/C37H56/c1-3-15-36(34-21-6-4-7-22-34)29-33(28-32-18-12-13-19-32)20-14-25-37(35-23-8-5-9-24-35)27-30(2)26-31-16-10-11-17-31/h4-9,21-24,30-33,36-37H,3,10-20,25-29H2,1-2H3. The monoisotopic (exact) mass is 500 g/mol. The molecule has 4 rings (SSSR count). The Labute approximate surface area is 230 Å². The van der Waals surface area contributed by atoms with Crippen LogP contribution in [0.3, 0.4) is 0 Å². The van der Waals surface area contributed by atoms with Crippen LogP contribution in [0.1, 0.15) is 146 Å². The largest absolute Gasteiger partial charge is 0.0654 e. The van der Waals surface area contributed by atoms with Gasteiger partial charge in [0.1, 0.15) is 0 Å². The van der Waals surface area contributed by atoms with Gasteiger partial charge in [0.2, 0.25) is 0 Å². The highest BCUT2D eigenvalue weighted by atomic mass is 14.3. The fourth-order valence-corrected chi connectivity index (χ4v) is 8.14. The minimum atomic E-state index is 0.741. The number of hydrogen-bond donors (Lipinski definition) is 0. The van der Waals surface area contributed by atoms with Gasteiger partial charge in [-0.3, -0.25) is 0 Å². The van der Waals surface area contributed by atoms with E-state index in [0.29, 0.717) is 0 Å². The van der Waals surface area contributed by atoms with E-state index in [-0.39, 0.29) is 0 Å². The van der Waals surface area contributed by atoms with Crippen LogP contribution in [0, 0.1) is 23.7 Å². The molecule has 0 amide bonds. The maximum Gasteiger partial charge on any atom is -0.0159 e. The summed E-state index contributed by atoms with van der Waals surface area (Å²) in [6.07, 6.45) is 24.5. The van der Waals surface area contributed by atoms with Crippen molar-refractivity contribution in [2.75, 3.05) is 0 Å². The average Bonchev–Trinajstić information content (AvgIpc) is 3.63. The van der Waals surface area contributed by atoms with Crippen molar-refractivity contribution in [3.8, 4) is 0 Å². The van der Waals surface area contributed by atoms with Crippen molar-refractivity contribution in [3.63, 3.8) is 0 Å². The fourth-order valence-electron chi connectivity index (χ4n) is 8.14. The molecule has 2 aliphatic carbocycles. The Balaban J connectivity index is 1.37. The molecule has 0 spiro atoms. The van der Waals surface area contributed by atoms with Crippen molar-refractivity contribution in [3.05, 3.63) is 71.8 Å². The fraction of sp³-hybridized carbons (Fsp3) is 0.676. The SMILES string of the molecule is CCCC(CC(CCCC(CC(C)CC1CCCC1)c1ccccc1)CC1CCCC1)c1ccccc1. The van der Waals surface area contributed by atoms with E-state index >= 15 is 0 Å². The third kappa shape index (κ3) is 9.60. The second kappa shape index (κ2) is 15.8. The zero-order chi connectivity index (χ0) is 25.7. The summed E-state index contributed by atoms with van der Waals surface area (Å²) in [4.78, 5) is 0. The number of rotatable bonds is 16. The smallest absolute Gasteiger partial charge is 0.0159 e. The summed E-state index contributed by atoms with van der Waals surface area (Å²) in [6, 6.07) is 23.0. The molecule has 4 unspecified atom stereocenters. The normalized spacial score (nSPS) is 20.2. The molecule has 0 heterocycles. The van der Waals surface area contributed by atoms with Gasteiger partial charge in [-0.1, -0.05) is 145 Å². The molecule has 37 heavy (non-hydrogen) atoms. The minimum Gasteiger partial charge on any atom is -0.0654 e. The first kappa shape index (κ1) is 28.4. The molecule has 0 aliphatic heterocycles. The molecular formula is C37H56. The van der Waals surface area contributed by atoms with Gasteiger partial charge in [-0.15, -0.1) is 0 Å². The molecule has 2 fully saturated rings. The van der Waals surface area contributed by atoms with E-state index in [1.807, 2.05) is 0 Å². The summed E-state index contributed by atoms with van der Waals surface area (Å²) >= 11 is 0. The molecule has 0 bridgehead atoms. The molecule has 0 N–H and O–H groups in total. The van der Waals surface area contributed by atoms with Crippen LogP contribution in [0.25, 0.3) is 0 Å². The van der Waals surface area contributed by atoms with Gasteiger partial charge in [-0.2, -0.15) is 0 Å². The van der Waals surface area contributed by atoms with E-state index in [9.17, 15) is 0 Å². The summed E-state index contributed by atoms with van der Waals surface area (Å²) in [6.45, 7) is 4.92. The maximum atomic E-state index is 2.55. The van der Waals surface area contributed by atoms with Crippen LogP contribution >= 0.6 is 0 Å². The van der Waals surface area contributed by atoms with Gasteiger partial charge in [0.05, 0.1) is 0 Å². The van der Waals surface area contributed by atoms with Gasteiger partial charge in [0.25, 0.3) is 0 Å². The second-order valence-corrected chi connectivity index (χ2v) is 13.1. The molecule has 2 saturated carbocycles. The summed E-state index contributed by atoms with van der Waals surface area (Å²) in [7, 11) is 0. The molecule has 0 heteroatoms. The van der Waals surface area contributed by atoms with Crippen molar-refractivity contribution < 1.29 is 0 Å². The molecule has 4 atom stereocenters. The lowest BCUT2D eigenvalue weighted by Crippen LogP contribution is -2.13. The molecule has 2 aromatic carbocycles. The van der Waals surface area contributed by atoms with Gasteiger partial charge in [-0.25, -0.2) is 0 Å².